The summed E-state index contributed by atoms with van der Waals surface area (Å²) in [6.45, 7) is 9.52. The van der Waals surface area contributed by atoms with E-state index in [0.717, 1.165) is 18.7 Å². The first kappa shape index (κ1) is 15.5. The maximum absolute atomic E-state index is 9.43. The number of likely N-dealkylation sites (N-methyl/N-ethyl adjacent to an activating group) is 1. The van der Waals surface area contributed by atoms with Gasteiger partial charge in [-0.3, -0.25) is 0 Å². The Kier molecular flexibility index (Phi) is 6.19. The standard InChI is InChI=1S/C15H25NOS/c1-5-16-15(4,11-17)8-9-18-14-7-6-12(2)10-13(14)3/h6-7,10,16-17H,5,8-9,11H2,1-4H3. The van der Waals surface area contributed by atoms with Crippen molar-refractivity contribution in [3.8, 4) is 0 Å². The Morgan fingerprint density at radius 1 is 1.33 bits per heavy atom. The number of hydrogen-bond acceptors (Lipinski definition) is 3. The molecule has 1 atom stereocenters. The smallest absolute Gasteiger partial charge is 0.0610 e. The van der Waals surface area contributed by atoms with Crippen molar-refractivity contribution in [3.63, 3.8) is 0 Å². The molecular formula is C15H25NOS. The van der Waals surface area contributed by atoms with Gasteiger partial charge in [0.25, 0.3) is 0 Å². The molecule has 1 rings (SSSR count). The van der Waals surface area contributed by atoms with Gasteiger partial charge in [0.1, 0.15) is 0 Å². The molecule has 0 heterocycles. The lowest BCUT2D eigenvalue weighted by molar-refractivity contribution is 0.173. The van der Waals surface area contributed by atoms with Crippen LogP contribution in [0.25, 0.3) is 0 Å². The summed E-state index contributed by atoms with van der Waals surface area (Å²) >= 11 is 1.87. The monoisotopic (exact) mass is 267 g/mol. The summed E-state index contributed by atoms with van der Waals surface area (Å²) in [5, 5.41) is 12.8. The number of benzene rings is 1. The summed E-state index contributed by atoms with van der Waals surface area (Å²) < 4.78 is 0. The van der Waals surface area contributed by atoms with Crippen molar-refractivity contribution >= 4 is 11.8 Å². The topological polar surface area (TPSA) is 32.3 Å². The van der Waals surface area contributed by atoms with E-state index in [1.807, 2.05) is 11.8 Å². The van der Waals surface area contributed by atoms with Crippen molar-refractivity contribution in [3.05, 3.63) is 29.3 Å². The molecular weight excluding hydrogens is 242 g/mol. The average molecular weight is 267 g/mol. The first-order valence-corrected chi connectivity index (χ1v) is 7.55. The maximum Gasteiger partial charge on any atom is 0.0610 e. The SMILES string of the molecule is CCNC(C)(CO)CCSc1ccc(C)cc1C. The van der Waals surface area contributed by atoms with Gasteiger partial charge < -0.3 is 10.4 Å². The van der Waals surface area contributed by atoms with E-state index in [1.54, 1.807) is 0 Å². The van der Waals surface area contributed by atoms with Gasteiger partial charge in [0.15, 0.2) is 0 Å². The second kappa shape index (κ2) is 7.17. The number of aliphatic hydroxyl groups is 1. The van der Waals surface area contributed by atoms with Crippen LogP contribution in [0.3, 0.4) is 0 Å². The molecule has 3 heteroatoms. The van der Waals surface area contributed by atoms with Crippen LogP contribution >= 0.6 is 11.8 Å². The van der Waals surface area contributed by atoms with Crippen LogP contribution in [0.1, 0.15) is 31.4 Å². The molecule has 0 spiro atoms. The van der Waals surface area contributed by atoms with Crippen LogP contribution in [0.2, 0.25) is 0 Å². The largest absolute Gasteiger partial charge is 0.394 e. The van der Waals surface area contributed by atoms with Crippen molar-refractivity contribution in [1.29, 1.82) is 0 Å². The normalized spacial score (nSPS) is 14.5. The molecule has 0 radical (unpaired) electrons. The van der Waals surface area contributed by atoms with E-state index in [0.29, 0.717) is 0 Å². The minimum absolute atomic E-state index is 0.152. The fourth-order valence-electron chi connectivity index (χ4n) is 2.00. The summed E-state index contributed by atoms with van der Waals surface area (Å²) in [5.74, 6) is 1.02. The predicted octanol–water partition coefficient (Wildman–Crippen LogP) is 3.15. The Bertz CT molecular complexity index is 381. The number of aliphatic hydroxyl groups excluding tert-OH is 1. The first-order chi connectivity index (χ1) is 8.50. The number of hydrogen-bond donors (Lipinski definition) is 2. The molecule has 2 N–H and O–H groups in total. The number of thioether (sulfide) groups is 1. The minimum atomic E-state index is -0.152. The van der Waals surface area contributed by atoms with Gasteiger partial charge in [0.05, 0.1) is 6.61 Å². The Morgan fingerprint density at radius 2 is 2.06 bits per heavy atom. The van der Waals surface area contributed by atoms with Crippen molar-refractivity contribution < 1.29 is 5.11 Å². The number of rotatable bonds is 7. The van der Waals surface area contributed by atoms with Crippen LogP contribution in [0, 0.1) is 13.8 Å². The third kappa shape index (κ3) is 4.63. The van der Waals surface area contributed by atoms with Crippen LogP contribution in [0.15, 0.2) is 23.1 Å². The fraction of sp³-hybridized carbons (Fsp3) is 0.600. The Hall–Kier alpha value is -0.510. The van der Waals surface area contributed by atoms with Crippen LogP contribution in [0.4, 0.5) is 0 Å². The lowest BCUT2D eigenvalue weighted by Gasteiger charge is -2.28. The van der Waals surface area contributed by atoms with Gasteiger partial charge in [-0.1, -0.05) is 24.6 Å². The Labute approximate surface area is 115 Å². The molecule has 1 aromatic carbocycles. The van der Waals surface area contributed by atoms with Crippen LogP contribution in [-0.4, -0.2) is 29.5 Å². The lowest BCUT2D eigenvalue weighted by atomic mass is 10.0. The zero-order valence-electron chi connectivity index (χ0n) is 11.9. The van der Waals surface area contributed by atoms with E-state index >= 15 is 0 Å². The zero-order chi connectivity index (χ0) is 13.6. The number of nitrogens with one attached hydrogen (secondary N) is 1. The third-order valence-corrected chi connectivity index (χ3v) is 4.37. The molecule has 0 aliphatic carbocycles. The van der Waals surface area contributed by atoms with Crippen LogP contribution in [0.5, 0.6) is 0 Å². The van der Waals surface area contributed by atoms with E-state index in [4.69, 9.17) is 0 Å². The van der Waals surface area contributed by atoms with Crippen molar-refractivity contribution in [2.75, 3.05) is 18.9 Å². The molecule has 0 aliphatic heterocycles. The molecule has 1 unspecified atom stereocenters. The van der Waals surface area contributed by atoms with E-state index in [2.05, 4.69) is 51.2 Å². The number of aryl methyl sites for hydroxylation is 2. The van der Waals surface area contributed by atoms with Gasteiger partial charge in [-0.2, -0.15) is 0 Å². The summed E-state index contributed by atoms with van der Waals surface area (Å²) in [5.41, 5.74) is 2.50. The van der Waals surface area contributed by atoms with E-state index in [1.165, 1.54) is 16.0 Å². The van der Waals surface area contributed by atoms with E-state index < -0.39 is 0 Å². The molecule has 0 aromatic heterocycles. The summed E-state index contributed by atoms with van der Waals surface area (Å²) in [6.07, 6.45) is 0.968. The van der Waals surface area contributed by atoms with Gasteiger partial charge in [-0.05, 0) is 51.1 Å². The summed E-state index contributed by atoms with van der Waals surface area (Å²) in [4.78, 5) is 1.34. The average Bonchev–Trinajstić information content (AvgIpc) is 2.32. The molecule has 102 valence electrons. The molecule has 0 saturated carbocycles. The molecule has 2 nitrogen and oxygen atoms in total. The molecule has 0 saturated heterocycles. The maximum atomic E-state index is 9.43. The molecule has 0 aliphatic rings. The van der Waals surface area contributed by atoms with Gasteiger partial charge in [-0.25, -0.2) is 0 Å². The summed E-state index contributed by atoms with van der Waals surface area (Å²) in [7, 11) is 0. The van der Waals surface area contributed by atoms with Crippen molar-refractivity contribution in [1.82, 2.24) is 5.32 Å². The van der Waals surface area contributed by atoms with Crippen molar-refractivity contribution in [2.45, 2.75) is 44.6 Å². The van der Waals surface area contributed by atoms with Gasteiger partial charge >= 0.3 is 0 Å². The second-order valence-electron chi connectivity index (χ2n) is 5.12. The van der Waals surface area contributed by atoms with Gasteiger partial charge in [0.2, 0.25) is 0 Å². The predicted molar refractivity (Wildman–Crippen MR) is 80.4 cm³/mol. The quantitative estimate of drug-likeness (QED) is 0.744. The lowest BCUT2D eigenvalue weighted by Crippen LogP contribution is -2.46. The molecule has 18 heavy (non-hydrogen) atoms. The fourth-order valence-corrected chi connectivity index (χ4v) is 3.22. The molecule has 1 aromatic rings. The van der Waals surface area contributed by atoms with Gasteiger partial charge in [-0.15, -0.1) is 11.8 Å². The van der Waals surface area contributed by atoms with Crippen molar-refractivity contribution in [2.24, 2.45) is 0 Å². The first-order valence-electron chi connectivity index (χ1n) is 6.56. The van der Waals surface area contributed by atoms with Crippen LogP contribution < -0.4 is 5.32 Å². The highest BCUT2D eigenvalue weighted by Gasteiger charge is 2.21. The Morgan fingerprint density at radius 3 is 2.61 bits per heavy atom. The van der Waals surface area contributed by atoms with Crippen LogP contribution in [-0.2, 0) is 0 Å². The Balaban J connectivity index is 2.50. The highest BCUT2D eigenvalue weighted by molar-refractivity contribution is 7.99. The minimum Gasteiger partial charge on any atom is -0.394 e. The highest BCUT2D eigenvalue weighted by Crippen LogP contribution is 2.25. The van der Waals surface area contributed by atoms with E-state index in [9.17, 15) is 5.11 Å². The summed E-state index contributed by atoms with van der Waals surface area (Å²) in [6, 6.07) is 6.57. The third-order valence-electron chi connectivity index (χ3n) is 3.19. The molecule has 0 fully saturated rings. The van der Waals surface area contributed by atoms with Gasteiger partial charge in [0, 0.05) is 10.4 Å². The second-order valence-corrected chi connectivity index (χ2v) is 6.25. The van der Waals surface area contributed by atoms with E-state index in [-0.39, 0.29) is 12.1 Å². The molecule has 0 amide bonds. The highest BCUT2D eigenvalue weighted by atomic mass is 32.2. The zero-order valence-corrected chi connectivity index (χ0v) is 12.7. The molecule has 0 bridgehead atoms.